The molecule has 0 N–H and O–H groups in total. The average molecular weight is 269 g/mol. The van der Waals surface area contributed by atoms with Crippen LogP contribution in [-0.4, -0.2) is 29.9 Å². The number of rotatable bonds is 7. The highest BCUT2D eigenvalue weighted by atomic mass is 32.1. The van der Waals surface area contributed by atoms with Gasteiger partial charge in [0.25, 0.3) is 0 Å². The number of hydrogen-bond donors (Lipinski definition) is 0. The molecule has 0 fully saturated rings. The maximum absolute atomic E-state index is 11.9. The van der Waals surface area contributed by atoms with Crippen molar-refractivity contribution >= 4 is 23.2 Å². The van der Waals surface area contributed by atoms with Gasteiger partial charge in [0.2, 0.25) is 5.91 Å². The van der Waals surface area contributed by atoms with Gasteiger partial charge in [-0.15, -0.1) is 11.3 Å². The lowest BCUT2D eigenvalue weighted by atomic mass is 10.2. The monoisotopic (exact) mass is 269 g/mol. The van der Waals surface area contributed by atoms with Gasteiger partial charge in [-0.2, -0.15) is 0 Å². The van der Waals surface area contributed by atoms with E-state index in [0.717, 1.165) is 4.88 Å². The second-order valence-electron chi connectivity index (χ2n) is 3.79. The molecule has 0 spiro atoms. The summed E-state index contributed by atoms with van der Waals surface area (Å²) in [6, 6.07) is 3.98. The summed E-state index contributed by atoms with van der Waals surface area (Å²) in [4.78, 5) is 26.0. The van der Waals surface area contributed by atoms with Gasteiger partial charge in [0.15, 0.2) is 0 Å². The third kappa shape index (κ3) is 4.87. The molecule has 1 rings (SSSR count). The number of thiophene rings is 1. The van der Waals surface area contributed by atoms with E-state index < -0.39 is 0 Å². The minimum absolute atomic E-state index is 0.000969. The van der Waals surface area contributed by atoms with E-state index in [0.29, 0.717) is 19.7 Å². The van der Waals surface area contributed by atoms with Crippen LogP contribution in [0.3, 0.4) is 0 Å². The van der Waals surface area contributed by atoms with Crippen molar-refractivity contribution < 1.29 is 14.3 Å². The van der Waals surface area contributed by atoms with Crippen LogP contribution < -0.4 is 0 Å². The van der Waals surface area contributed by atoms with Crippen LogP contribution in [0.1, 0.15) is 31.6 Å². The largest absolute Gasteiger partial charge is 0.466 e. The van der Waals surface area contributed by atoms with E-state index in [1.165, 1.54) is 0 Å². The van der Waals surface area contributed by atoms with Crippen LogP contribution >= 0.6 is 11.3 Å². The van der Waals surface area contributed by atoms with Crippen molar-refractivity contribution in [3.63, 3.8) is 0 Å². The molecule has 0 saturated carbocycles. The molecule has 0 aromatic carbocycles. The summed E-state index contributed by atoms with van der Waals surface area (Å²) >= 11 is 1.63. The van der Waals surface area contributed by atoms with Gasteiger partial charge in [-0.25, -0.2) is 0 Å². The lowest BCUT2D eigenvalue weighted by Gasteiger charge is -2.19. The van der Waals surface area contributed by atoms with Crippen molar-refractivity contribution in [1.82, 2.24) is 4.90 Å². The van der Waals surface area contributed by atoms with Crippen molar-refractivity contribution in [2.75, 3.05) is 13.2 Å². The maximum atomic E-state index is 11.9. The maximum Gasteiger partial charge on any atom is 0.306 e. The molecular weight excluding hydrogens is 250 g/mol. The van der Waals surface area contributed by atoms with Gasteiger partial charge in [-0.3, -0.25) is 9.59 Å². The Labute approximate surface area is 112 Å². The van der Waals surface area contributed by atoms with Gasteiger partial charge in [0.1, 0.15) is 0 Å². The number of ether oxygens (including phenoxy) is 1. The van der Waals surface area contributed by atoms with Crippen LogP contribution in [0.25, 0.3) is 0 Å². The van der Waals surface area contributed by atoms with Crippen LogP contribution in [0, 0.1) is 0 Å². The zero-order valence-corrected chi connectivity index (χ0v) is 11.7. The van der Waals surface area contributed by atoms with Crippen LogP contribution in [-0.2, 0) is 20.9 Å². The molecule has 0 unspecified atom stereocenters. The van der Waals surface area contributed by atoms with Crippen molar-refractivity contribution in [3.8, 4) is 0 Å². The molecule has 0 aliphatic heterocycles. The van der Waals surface area contributed by atoms with E-state index in [9.17, 15) is 9.59 Å². The van der Waals surface area contributed by atoms with Crippen LogP contribution in [0.5, 0.6) is 0 Å². The highest BCUT2D eigenvalue weighted by Gasteiger charge is 2.14. The fourth-order valence-corrected chi connectivity index (χ4v) is 2.29. The highest BCUT2D eigenvalue weighted by Crippen LogP contribution is 2.13. The summed E-state index contributed by atoms with van der Waals surface area (Å²) in [7, 11) is 0. The van der Waals surface area contributed by atoms with E-state index in [-0.39, 0.29) is 24.7 Å². The first-order valence-corrected chi connectivity index (χ1v) is 7.01. The van der Waals surface area contributed by atoms with Crippen molar-refractivity contribution in [3.05, 3.63) is 22.4 Å². The van der Waals surface area contributed by atoms with Crippen LogP contribution in [0.4, 0.5) is 0 Å². The first kappa shape index (κ1) is 14.7. The average Bonchev–Trinajstić information content (AvgIpc) is 2.86. The Bertz CT molecular complexity index is 376. The van der Waals surface area contributed by atoms with Crippen LogP contribution in [0.2, 0.25) is 0 Å². The third-order valence-corrected chi connectivity index (χ3v) is 3.37. The lowest BCUT2D eigenvalue weighted by molar-refractivity contribution is -0.145. The second kappa shape index (κ2) is 7.87. The molecule has 0 bridgehead atoms. The third-order valence-electron chi connectivity index (χ3n) is 2.51. The summed E-state index contributed by atoms with van der Waals surface area (Å²) in [6.07, 6.45) is 0.381. The van der Waals surface area contributed by atoms with E-state index in [2.05, 4.69) is 0 Å². The number of esters is 1. The van der Waals surface area contributed by atoms with Crippen molar-refractivity contribution in [2.45, 2.75) is 33.2 Å². The van der Waals surface area contributed by atoms with E-state index in [4.69, 9.17) is 4.74 Å². The van der Waals surface area contributed by atoms with E-state index >= 15 is 0 Å². The van der Waals surface area contributed by atoms with Crippen molar-refractivity contribution in [2.24, 2.45) is 0 Å². The quantitative estimate of drug-likeness (QED) is 0.714. The normalized spacial score (nSPS) is 10.1. The number of hydrogen-bond acceptors (Lipinski definition) is 4. The van der Waals surface area contributed by atoms with E-state index in [1.54, 1.807) is 23.2 Å². The zero-order valence-electron chi connectivity index (χ0n) is 10.8. The fraction of sp³-hybridized carbons (Fsp3) is 0.538. The van der Waals surface area contributed by atoms with E-state index in [1.807, 2.05) is 24.4 Å². The number of carbonyl (C=O) groups is 2. The Morgan fingerprint density at radius 2 is 2.11 bits per heavy atom. The minimum atomic E-state index is -0.307. The molecule has 0 atom stereocenters. The van der Waals surface area contributed by atoms with Crippen molar-refractivity contribution in [1.29, 1.82) is 0 Å². The standard InChI is InChI=1S/C13H19NO3S/c1-3-14(10-11-6-5-9-18-11)12(15)7-8-13(16)17-4-2/h5-6,9H,3-4,7-8,10H2,1-2H3. The molecule has 0 aliphatic rings. The Hall–Kier alpha value is -1.36. The highest BCUT2D eigenvalue weighted by molar-refractivity contribution is 7.09. The molecular formula is C13H19NO3S. The Kier molecular flexibility index (Phi) is 6.43. The van der Waals surface area contributed by atoms with Gasteiger partial charge in [-0.05, 0) is 25.3 Å². The van der Waals surface area contributed by atoms with Gasteiger partial charge in [0, 0.05) is 17.8 Å². The van der Waals surface area contributed by atoms with Gasteiger partial charge in [0.05, 0.1) is 19.6 Å². The molecule has 1 amide bonds. The van der Waals surface area contributed by atoms with Gasteiger partial charge < -0.3 is 9.64 Å². The Morgan fingerprint density at radius 1 is 1.33 bits per heavy atom. The predicted octanol–water partition coefficient (Wildman–Crippen LogP) is 2.44. The summed E-state index contributed by atoms with van der Waals surface area (Å²) in [6.45, 7) is 5.33. The first-order chi connectivity index (χ1) is 8.67. The summed E-state index contributed by atoms with van der Waals surface area (Å²) in [5.74, 6) is -0.308. The number of nitrogens with zero attached hydrogens (tertiary/aromatic N) is 1. The Morgan fingerprint density at radius 3 is 2.67 bits per heavy atom. The SMILES string of the molecule is CCOC(=O)CCC(=O)N(CC)Cc1cccs1. The summed E-state index contributed by atoms with van der Waals surface area (Å²) in [5, 5.41) is 1.99. The predicted molar refractivity (Wildman–Crippen MR) is 71.3 cm³/mol. The first-order valence-electron chi connectivity index (χ1n) is 6.13. The molecule has 1 aromatic rings. The molecule has 100 valence electrons. The topological polar surface area (TPSA) is 46.6 Å². The Balaban J connectivity index is 2.40. The summed E-state index contributed by atoms with van der Waals surface area (Å²) < 4.78 is 4.80. The molecule has 1 heterocycles. The van der Waals surface area contributed by atoms with Gasteiger partial charge in [-0.1, -0.05) is 6.07 Å². The zero-order chi connectivity index (χ0) is 13.4. The fourth-order valence-electron chi connectivity index (χ4n) is 1.57. The molecule has 4 nitrogen and oxygen atoms in total. The molecule has 1 aromatic heterocycles. The summed E-state index contributed by atoms with van der Waals surface area (Å²) in [5.41, 5.74) is 0. The second-order valence-corrected chi connectivity index (χ2v) is 4.82. The van der Waals surface area contributed by atoms with Gasteiger partial charge >= 0.3 is 5.97 Å². The molecule has 0 aliphatic carbocycles. The minimum Gasteiger partial charge on any atom is -0.466 e. The molecule has 18 heavy (non-hydrogen) atoms. The smallest absolute Gasteiger partial charge is 0.306 e. The lowest BCUT2D eigenvalue weighted by Crippen LogP contribution is -2.30. The number of amides is 1. The molecule has 0 saturated heterocycles. The molecule has 5 heteroatoms. The van der Waals surface area contributed by atoms with Crippen LogP contribution in [0.15, 0.2) is 17.5 Å². The molecule has 0 radical (unpaired) electrons. The number of carbonyl (C=O) groups excluding carboxylic acids is 2.